The molecule has 0 amide bonds. The number of fused-ring (bicyclic) bond motifs is 5. The van der Waals surface area contributed by atoms with Gasteiger partial charge in [-0.3, -0.25) is 4.79 Å². The van der Waals surface area contributed by atoms with Crippen LogP contribution >= 0.6 is 0 Å². The standard InChI is InChI=1S/C23H35N3O3/c1-22-8-5-15(26-29-16-7-10-24-13-16)11-14(22)12-19(25-28)21-17-3-4-20(27)23(17,2)9-6-18(21)22/h14,16-18,21,24,28H,3-13H2,1-2H3/b25-19+,26-15?/t14?,16-,17+,18+,21+,22+,23+/m1/s1. The first kappa shape index (κ1) is 19.5. The molecule has 1 heterocycles. The van der Waals surface area contributed by atoms with Crippen LogP contribution in [0.1, 0.15) is 71.6 Å². The van der Waals surface area contributed by atoms with Gasteiger partial charge < -0.3 is 15.4 Å². The molecule has 0 aromatic heterocycles. The van der Waals surface area contributed by atoms with Gasteiger partial charge in [0.1, 0.15) is 11.9 Å². The van der Waals surface area contributed by atoms with Crippen LogP contribution in [0.15, 0.2) is 10.3 Å². The largest absolute Gasteiger partial charge is 0.411 e. The second-order valence-electron chi connectivity index (χ2n) is 10.7. The highest BCUT2D eigenvalue weighted by Crippen LogP contribution is 2.64. The fraction of sp³-hybridized carbons (Fsp3) is 0.870. The smallest absolute Gasteiger partial charge is 0.141 e. The Morgan fingerprint density at radius 1 is 1.10 bits per heavy atom. The molecule has 4 aliphatic carbocycles. The molecule has 1 saturated heterocycles. The van der Waals surface area contributed by atoms with Gasteiger partial charge in [-0.25, -0.2) is 0 Å². The fourth-order valence-corrected chi connectivity index (χ4v) is 7.59. The van der Waals surface area contributed by atoms with Gasteiger partial charge in [0.25, 0.3) is 0 Å². The first-order chi connectivity index (χ1) is 14.0. The summed E-state index contributed by atoms with van der Waals surface area (Å²) >= 11 is 0. The third kappa shape index (κ3) is 2.96. The molecule has 7 atom stereocenters. The number of hydrogen-bond acceptors (Lipinski definition) is 6. The number of oxime groups is 2. The van der Waals surface area contributed by atoms with Crippen molar-refractivity contribution in [2.45, 2.75) is 77.7 Å². The molecular formula is C23H35N3O3. The van der Waals surface area contributed by atoms with Crippen molar-refractivity contribution < 1.29 is 14.8 Å². The SMILES string of the molecule is C[C@]12CCC(=NO[C@@H]3CCNC3)CC1C/C(=N\O)[C@@H]1[C@@H]2CC[C@]2(C)C(=O)CC[C@@H]12. The van der Waals surface area contributed by atoms with Crippen molar-refractivity contribution in [1.82, 2.24) is 5.32 Å². The zero-order chi connectivity index (χ0) is 20.2. The Bertz CT molecular complexity index is 744. The average molecular weight is 402 g/mol. The van der Waals surface area contributed by atoms with E-state index < -0.39 is 0 Å². The summed E-state index contributed by atoms with van der Waals surface area (Å²) in [5.74, 6) is 2.02. The highest BCUT2D eigenvalue weighted by atomic mass is 16.6. The molecule has 2 N–H and O–H groups in total. The Morgan fingerprint density at radius 2 is 1.97 bits per heavy atom. The molecule has 5 aliphatic rings. The van der Waals surface area contributed by atoms with Gasteiger partial charge in [-0.1, -0.05) is 24.2 Å². The van der Waals surface area contributed by atoms with E-state index in [2.05, 4.69) is 29.5 Å². The number of carbonyl (C=O) groups is 1. The lowest BCUT2D eigenvalue weighted by molar-refractivity contribution is -0.131. The van der Waals surface area contributed by atoms with E-state index >= 15 is 0 Å². The van der Waals surface area contributed by atoms with E-state index in [1.165, 1.54) is 5.71 Å². The summed E-state index contributed by atoms with van der Waals surface area (Å²) in [5.41, 5.74) is 2.15. The first-order valence-corrected chi connectivity index (χ1v) is 11.6. The van der Waals surface area contributed by atoms with Crippen LogP contribution in [0.2, 0.25) is 0 Å². The topological polar surface area (TPSA) is 83.3 Å². The van der Waals surface area contributed by atoms with Gasteiger partial charge in [0, 0.05) is 30.7 Å². The lowest BCUT2D eigenvalue weighted by Gasteiger charge is -2.59. The summed E-state index contributed by atoms with van der Waals surface area (Å²) in [4.78, 5) is 18.5. The number of carbonyl (C=O) groups excluding carboxylic acids is 1. The molecule has 0 aromatic carbocycles. The van der Waals surface area contributed by atoms with Crippen LogP contribution in [0.25, 0.3) is 0 Å². The summed E-state index contributed by atoms with van der Waals surface area (Å²) in [7, 11) is 0. The minimum Gasteiger partial charge on any atom is -0.411 e. The normalized spacial score (nSPS) is 49.7. The molecule has 1 aliphatic heterocycles. The quantitative estimate of drug-likeness (QED) is 0.545. The van der Waals surface area contributed by atoms with Crippen molar-refractivity contribution in [2.24, 2.45) is 44.8 Å². The zero-order valence-corrected chi connectivity index (χ0v) is 17.8. The van der Waals surface area contributed by atoms with E-state index in [1.54, 1.807) is 0 Å². The highest BCUT2D eigenvalue weighted by Gasteiger charge is 2.62. The third-order valence-electron chi connectivity index (χ3n) is 9.51. The van der Waals surface area contributed by atoms with Crippen molar-refractivity contribution >= 4 is 17.2 Å². The lowest BCUT2D eigenvalue weighted by atomic mass is 9.45. The van der Waals surface area contributed by atoms with Crippen LogP contribution in [0.3, 0.4) is 0 Å². The molecule has 0 bridgehead atoms. The fourth-order valence-electron chi connectivity index (χ4n) is 7.59. The predicted molar refractivity (Wildman–Crippen MR) is 111 cm³/mol. The summed E-state index contributed by atoms with van der Waals surface area (Å²) in [6, 6.07) is 0. The van der Waals surface area contributed by atoms with Gasteiger partial charge in [-0.15, -0.1) is 0 Å². The summed E-state index contributed by atoms with van der Waals surface area (Å²) in [6.45, 7) is 6.54. The molecular weight excluding hydrogens is 366 g/mol. The van der Waals surface area contributed by atoms with Gasteiger partial charge in [-0.05, 0) is 74.7 Å². The Labute approximate surface area is 173 Å². The van der Waals surface area contributed by atoms with Crippen molar-refractivity contribution in [2.75, 3.05) is 13.1 Å². The maximum Gasteiger partial charge on any atom is 0.141 e. The third-order valence-corrected chi connectivity index (χ3v) is 9.51. The van der Waals surface area contributed by atoms with Crippen LogP contribution in [0, 0.1) is 34.5 Å². The second kappa shape index (κ2) is 7.07. The van der Waals surface area contributed by atoms with Crippen molar-refractivity contribution in [3.05, 3.63) is 0 Å². The molecule has 0 radical (unpaired) electrons. The van der Waals surface area contributed by atoms with E-state index in [9.17, 15) is 10.0 Å². The van der Waals surface area contributed by atoms with Gasteiger partial charge >= 0.3 is 0 Å². The number of rotatable bonds is 2. The van der Waals surface area contributed by atoms with Crippen LogP contribution in [-0.4, -0.2) is 41.6 Å². The van der Waals surface area contributed by atoms with Crippen LogP contribution in [-0.2, 0) is 9.63 Å². The molecule has 0 spiro atoms. The van der Waals surface area contributed by atoms with Crippen molar-refractivity contribution in [3.8, 4) is 0 Å². The summed E-state index contributed by atoms with van der Waals surface area (Å²) < 4.78 is 0. The van der Waals surface area contributed by atoms with Crippen LogP contribution < -0.4 is 5.32 Å². The Morgan fingerprint density at radius 3 is 2.72 bits per heavy atom. The van der Waals surface area contributed by atoms with Gasteiger partial charge in [0.05, 0.1) is 11.4 Å². The average Bonchev–Trinajstić information content (AvgIpc) is 3.34. The Balaban J connectivity index is 1.38. The number of nitrogens with one attached hydrogen (secondary N) is 1. The first-order valence-electron chi connectivity index (χ1n) is 11.6. The van der Waals surface area contributed by atoms with E-state index in [0.717, 1.165) is 70.2 Å². The van der Waals surface area contributed by atoms with Crippen molar-refractivity contribution in [1.29, 1.82) is 0 Å². The van der Waals surface area contributed by atoms with Crippen LogP contribution in [0.5, 0.6) is 0 Å². The molecule has 6 nitrogen and oxygen atoms in total. The maximum atomic E-state index is 12.6. The molecule has 29 heavy (non-hydrogen) atoms. The number of nitrogens with zero attached hydrogens (tertiary/aromatic N) is 2. The second-order valence-corrected chi connectivity index (χ2v) is 10.7. The van der Waals surface area contributed by atoms with E-state index in [1.807, 2.05) is 0 Å². The lowest BCUT2D eigenvalue weighted by Crippen LogP contribution is -2.57. The van der Waals surface area contributed by atoms with E-state index in [-0.39, 0.29) is 22.9 Å². The summed E-state index contributed by atoms with van der Waals surface area (Å²) in [5, 5.41) is 21.6. The van der Waals surface area contributed by atoms with E-state index in [4.69, 9.17) is 4.84 Å². The molecule has 1 unspecified atom stereocenters. The maximum absolute atomic E-state index is 12.6. The minimum absolute atomic E-state index is 0.204. The Hall–Kier alpha value is -1.43. The van der Waals surface area contributed by atoms with Gasteiger partial charge in [0.2, 0.25) is 0 Å². The van der Waals surface area contributed by atoms with Gasteiger partial charge in [0.15, 0.2) is 0 Å². The van der Waals surface area contributed by atoms with Gasteiger partial charge in [-0.2, -0.15) is 0 Å². The minimum atomic E-state index is -0.204. The molecule has 0 aromatic rings. The predicted octanol–water partition coefficient (Wildman–Crippen LogP) is 3.77. The molecule has 4 saturated carbocycles. The molecule has 160 valence electrons. The molecule has 5 rings (SSSR count). The number of ketones is 1. The summed E-state index contributed by atoms with van der Waals surface area (Å²) in [6.07, 6.45) is 8.88. The highest BCUT2D eigenvalue weighted by molar-refractivity contribution is 5.94. The molecule has 5 fully saturated rings. The zero-order valence-electron chi connectivity index (χ0n) is 17.8. The number of Topliss-reactive ketones (excluding diaryl/α,β-unsaturated/α-hetero) is 1. The Kier molecular flexibility index (Phi) is 4.76. The number of hydrogen-bond donors (Lipinski definition) is 2. The van der Waals surface area contributed by atoms with Crippen LogP contribution in [0.4, 0.5) is 0 Å². The van der Waals surface area contributed by atoms with E-state index in [0.29, 0.717) is 30.0 Å². The monoisotopic (exact) mass is 401 g/mol. The molecule has 6 heteroatoms. The van der Waals surface area contributed by atoms with Crippen molar-refractivity contribution in [3.63, 3.8) is 0 Å².